The standard InChI is InChI=1S/C21H23N3O3S2/c1-23(29(2,26)27)15-20(25)24(14-13-17-9-5-3-6-10-17)21-22-19(16-28-21)18-11-7-4-8-12-18/h3-12,16H,13-15H2,1-2H3. The van der Waals surface area contributed by atoms with Crippen molar-refractivity contribution in [1.29, 1.82) is 0 Å². The smallest absolute Gasteiger partial charge is 0.244 e. The number of aromatic nitrogens is 1. The fourth-order valence-corrected chi connectivity index (χ4v) is 3.96. The van der Waals surface area contributed by atoms with E-state index in [4.69, 9.17) is 0 Å². The molecule has 0 saturated heterocycles. The van der Waals surface area contributed by atoms with Crippen LogP contribution in [0.3, 0.4) is 0 Å². The summed E-state index contributed by atoms with van der Waals surface area (Å²) < 4.78 is 24.5. The van der Waals surface area contributed by atoms with Crippen LogP contribution < -0.4 is 4.90 Å². The first-order valence-corrected chi connectivity index (χ1v) is 11.8. The van der Waals surface area contributed by atoms with Crippen LogP contribution >= 0.6 is 11.3 Å². The highest BCUT2D eigenvalue weighted by atomic mass is 32.2. The molecule has 1 aromatic heterocycles. The minimum Gasteiger partial charge on any atom is -0.287 e. The number of benzene rings is 2. The van der Waals surface area contributed by atoms with Gasteiger partial charge in [-0.1, -0.05) is 60.7 Å². The van der Waals surface area contributed by atoms with Crippen molar-refractivity contribution in [3.05, 3.63) is 71.6 Å². The van der Waals surface area contributed by atoms with Crippen molar-refractivity contribution >= 4 is 32.4 Å². The summed E-state index contributed by atoms with van der Waals surface area (Å²) in [4.78, 5) is 19.2. The maximum atomic E-state index is 13.0. The minimum atomic E-state index is -3.45. The number of thiazole rings is 1. The highest BCUT2D eigenvalue weighted by Gasteiger charge is 2.23. The molecule has 8 heteroatoms. The molecule has 152 valence electrons. The van der Waals surface area contributed by atoms with E-state index in [0.717, 1.165) is 27.4 Å². The van der Waals surface area contributed by atoms with E-state index in [1.165, 1.54) is 18.4 Å². The van der Waals surface area contributed by atoms with E-state index in [9.17, 15) is 13.2 Å². The molecule has 0 bridgehead atoms. The van der Waals surface area contributed by atoms with Gasteiger partial charge >= 0.3 is 0 Å². The molecule has 1 amide bonds. The maximum absolute atomic E-state index is 13.0. The van der Waals surface area contributed by atoms with Crippen LogP contribution in [0.15, 0.2) is 66.0 Å². The molecule has 0 aliphatic carbocycles. The lowest BCUT2D eigenvalue weighted by Gasteiger charge is -2.22. The van der Waals surface area contributed by atoms with Crippen molar-refractivity contribution in [2.24, 2.45) is 0 Å². The number of anilines is 1. The van der Waals surface area contributed by atoms with Crippen LogP contribution in [-0.4, -0.2) is 50.0 Å². The van der Waals surface area contributed by atoms with Crippen LogP contribution in [0.5, 0.6) is 0 Å². The number of amides is 1. The zero-order chi connectivity index (χ0) is 20.9. The highest BCUT2D eigenvalue weighted by molar-refractivity contribution is 7.88. The van der Waals surface area contributed by atoms with Gasteiger partial charge in [0, 0.05) is 24.5 Å². The van der Waals surface area contributed by atoms with Crippen LogP contribution in [0, 0.1) is 0 Å². The molecule has 0 aliphatic heterocycles. The number of hydrogen-bond donors (Lipinski definition) is 0. The Kier molecular flexibility index (Phi) is 6.79. The topological polar surface area (TPSA) is 70.6 Å². The molecular weight excluding hydrogens is 406 g/mol. The number of carbonyl (C=O) groups excluding carboxylic acids is 1. The number of rotatable bonds is 8. The van der Waals surface area contributed by atoms with E-state index in [1.54, 1.807) is 4.90 Å². The molecule has 0 atom stereocenters. The van der Waals surface area contributed by atoms with E-state index in [2.05, 4.69) is 4.98 Å². The van der Waals surface area contributed by atoms with Gasteiger partial charge in [-0.2, -0.15) is 4.31 Å². The van der Waals surface area contributed by atoms with Gasteiger partial charge in [-0.05, 0) is 12.0 Å². The summed E-state index contributed by atoms with van der Waals surface area (Å²) in [6.45, 7) is 0.191. The Morgan fingerprint density at radius 3 is 2.28 bits per heavy atom. The van der Waals surface area contributed by atoms with Crippen molar-refractivity contribution in [3.8, 4) is 11.3 Å². The predicted molar refractivity (Wildman–Crippen MR) is 118 cm³/mol. The number of hydrogen-bond acceptors (Lipinski definition) is 5. The monoisotopic (exact) mass is 429 g/mol. The van der Waals surface area contributed by atoms with Gasteiger partial charge in [0.05, 0.1) is 18.5 Å². The Hall–Kier alpha value is -2.55. The van der Waals surface area contributed by atoms with Crippen LogP contribution in [0.25, 0.3) is 11.3 Å². The summed E-state index contributed by atoms with van der Waals surface area (Å²) in [5.41, 5.74) is 2.86. The van der Waals surface area contributed by atoms with E-state index < -0.39 is 10.0 Å². The summed E-state index contributed by atoms with van der Waals surface area (Å²) in [5.74, 6) is -0.303. The van der Waals surface area contributed by atoms with Gasteiger partial charge in [0.15, 0.2) is 5.13 Å². The lowest BCUT2D eigenvalue weighted by atomic mass is 10.1. The molecule has 0 aliphatic rings. The summed E-state index contributed by atoms with van der Waals surface area (Å²) in [6, 6.07) is 19.6. The molecule has 1 heterocycles. The largest absolute Gasteiger partial charge is 0.287 e. The Labute approximate surface area is 175 Å². The SMILES string of the molecule is CN(CC(=O)N(CCc1ccccc1)c1nc(-c2ccccc2)cs1)S(C)(=O)=O. The Morgan fingerprint density at radius 2 is 1.66 bits per heavy atom. The van der Waals surface area contributed by atoms with E-state index in [1.807, 2.05) is 66.0 Å². The summed E-state index contributed by atoms with van der Waals surface area (Å²) in [7, 11) is -2.05. The number of likely N-dealkylation sites (N-methyl/N-ethyl adjacent to an activating group) is 1. The number of nitrogens with zero attached hydrogens (tertiary/aromatic N) is 3. The number of carbonyl (C=O) groups is 1. The fraction of sp³-hybridized carbons (Fsp3) is 0.238. The Balaban J connectivity index is 1.84. The zero-order valence-corrected chi connectivity index (χ0v) is 18.0. The first-order valence-electron chi connectivity index (χ1n) is 9.11. The first kappa shape index (κ1) is 21.2. The molecule has 3 aromatic rings. The number of sulfonamides is 1. The zero-order valence-electron chi connectivity index (χ0n) is 16.4. The second-order valence-electron chi connectivity index (χ2n) is 6.68. The minimum absolute atomic E-state index is 0.228. The normalized spacial score (nSPS) is 11.6. The van der Waals surface area contributed by atoms with E-state index >= 15 is 0 Å². The Morgan fingerprint density at radius 1 is 1.03 bits per heavy atom. The third-order valence-corrected chi connectivity index (χ3v) is 6.61. The molecule has 2 aromatic carbocycles. The second-order valence-corrected chi connectivity index (χ2v) is 9.61. The second kappa shape index (κ2) is 9.30. The summed E-state index contributed by atoms with van der Waals surface area (Å²) in [5, 5.41) is 2.47. The van der Waals surface area contributed by atoms with E-state index in [-0.39, 0.29) is 12.5 Å². The highest BCUT2D eigenvalue weighted by Crippen LogP contribution is 2.28. The summed E-state index contributed by atoms with van der Waals surface area (Å²) in [6.07, 6.45) is 1.74. The molecule has 29 heavy (non-hydrogen) atoms. The fourth-order valence-electron chi connectivity index (χ4n) is 2.74. The molecule has 0 radical (unpaired) electrons. The van der Waals surface area contributed by atoms with Crippen LogP contribution in [0.1, 0.15) is 5.56 Å². The molecular formula is C21H23N3O3S2. The van der Waals surface area contributed by atoms with Crippen molar-refractivity contribution < 1.29 is 13.2 Å². The average molecular weight is 430 g/mol. The predicted octanol–water partition coefficient (Wildman–Crippen LogP) is 3.28. The van der Waals surface area contributed by atoms with Crippen molar-refractivity contribution in [3.63, 3.8) is 0 Å². The summed E-state index contributed by atoms with van der Waals surface area (Å²) >= 11 is 1.38. The molecule has 0 fully saturated rings. The van der Waals surface area contributed by atoms with Gasteiger partial charge in [0.1, 0.15) is 0 Å². The van der Waals surface area contributed by atoms with Gasteiger partial charge < -0.3 is 0 Å². The van der Waals surface area contributed by atoms with E-state index in [0.29, 0.717) is 18.1 Å². The van der Waals surface area contributed by atoms with Crippen molar-refractivity contribution in [2.75, 3.05) is 31.3 Å². The van der Waals surface area contributed by atoms with Gasteiger partial charge in [0.2, 0.25) is 15.9 Å². The van der Waals surface area contributed by atoms with Crippen LogP contribution in [-0.2, 0) is 21.2 Å². The lowest BCUT2D eigenvalue weighted by Crippen LogP contribution is -2.41. The molecule has 3 rings (SSSR count). The third-order valence-electron chi connectivity index (χ3n) is 4.48. The quantitative estimate of drug-likeness (QED) is 0.551. The first-order chi connectivity index (χ1) is 13.8. The third kappa shape index (κ3) is 5.72. The van der Waals surface area contributed by atoms with Gasteiger partial charge in [-0.25, -0.2) is 13.4 Å². The average Bonchev–Trinajstić information content (AvgIpc) is 3.19. The molecule has 0 spiro atoms. The van der Waals surface area contributed by atoms with Gasteiger partial charge in [-0.15, -0.1) is 11.3 Å². The van der Waals surface area contributed by atoms with Crippen LogP contribution in [0.2, 0.25) is 0 Å². The molecule has 0 N–H and O–H groups in total. The van der Waals surface area contributed by atoms with Gasteiger partial charge in [0.25, 0.3) is 0 Å². The molecule has 0 saturated carbocycles. The maximum Gasteiger partial charge on any atom is 0.244 e. The van der Waals surface area contributed by atoms with Crippen LogP contribution in [0.4, 0.5) is 5.13 Å². The van der Waals surface area contributed by atoms with Crippen molar-refractivity contribution in [1.82, 2.24) is 9.29 Å². The van der Waals surface area contributed by atoms with Gasteiger partial charge in [-0.3, -0.25) is 9.69 Å². The lowest BCUT2D eigenvalue weighted by molar-refractivity contribution is -0.118. The van der Waals surface area contributed by atoms with Crippen molar-refractivity contribution in [2.45, 2.75) is 6.42 Å². The molecule has 0 unspecified atom stereocenters. The Bertz CT molecular complexity index is 1050. The molecule has 6 nitrogen and oxygen atoms in total.